The summed E-state index contributed by atoms with van der Waals surface area (Å²) in [4.78, 5) is 40.3. The molecule has 150 valence electrons. The fourth-order valence-corrected chi connectivity index (χ4v) is 3.86. The number of primary amides is 1. The average Bonchev–Trinajstić information content (AvgIpc) is 3.40. The van der Waals surface area contributed by atoms with Crippen molar-refractivity contribution < 1.29 is 19.2 Å². The van der Waals surface area contributed by atoms with E-state index in [0.717, 1.165) is 0 Å². The Morgan fingerprint density at radius 3 is 2.86 bits per heavy atom. The largest absolute Gasteiger partial charge is 0.495 e. The second-order valence-electron chi connectivity index (χ2n) is 6.92. The van der Waals surface area contributed by atoms with E-state index in [1.807, 2.05) is 0 Å². The highest BCUT2D eigenvalue weighted by Gasteiger charge is 2.38. The molecule has 2 amide bonds. The number of hydrogen-bond acceptors (Lipinski definition) is 6. The second-order valence-corrected chi connectivity index (χ2v) is 6.92. The molecule has 2 aliphatic rings. The standard InChI is InChI=1S/C19H19N5O5/c1-29-15-4-6-21-13(15)8-11-16-12(22-19(11)26)2-3-14(24(27)28)17(16)23-7-5-10(9-23)18(20)25/h2-4,6,8,10,21H,5,7,9H2,1H3,(H2,20,25)(H,22,26)/b11-8-/t10-/m0/s1. The molecule has 4 N–H and O–H groups in total. The molecule has 0 radical (unpaired) electrons. The number of nitro benzene ring substituents is 1. The van der Waals surface area contributed by atoms with Crippen LogP contribution in [0.15, 0.2) is 24.4 Å². The van der Waals surface area contributed by atoms with Gasteiger partial charge in [-0.25, -0.2) is 0 Å². The maximum absolute atomic E-state index is 12.7. The molecule has 0 saturated carbocycles. The van der Waals surface area contributed by atoms with Crippen molar-refractivity contribution in [1.29, 1.82) is 0 Å². The summed E-state index contributed by atoms with van der Waals surface area (Å²) in [7, 11) is 1.51. The van der Waals surface area contributed by atoms with Crippen LogP contribution >= 0.6 is 0 Å². The molecular weight excluding hydrogens is 378 g/mol. The van der Waals surface area contributed by atoms with Gasteiger partial charge in [-0.15, -0.1) is 0 Å². The van der Waals surface area contributed by atoms with E-state index >= 15 is 0 Å². The lowest BCUT2D eigenvalue weighted by Crippen LogP contribution is -2.28. The number of rotatable bonds is 5. The average molecular weight is 397 g/mol. The van der Waals surface area contributed by atoms with Crippen LogP contribution in [0.3, 0.4) is 0 Å². The predicted octanol–water partition coefficient (Wildman–Crippen LogP) is 1.74. The van der Waals surface area contributed by atoms with Crippen molar-refractivity contribution in [2.24, 2.45) is 11.7 Å². The van der Waals surface area contributed by atoms with Crippen LogP contribution < -0.4 is 20.7 Å². The smallest absolute Gasteiger partial charge is 0.293 e. The van der Waals surface area contributed by atoms with Gasteiger partial charge < -0.3 is 25.7 Å². The summed E-state index contributed by atoms with van der Waals surface area (Å²) in [6.45, 7) is 0.693. The summed E-state index contributed by atoms with van der Waals surface area (Å²) >= 11 is 0. The van der Waals surface area contributed by atoms with Gasteiger partial charge in [-0.05, 0) is 24.6 Å². The summed E-state index contributed by atoms with van der Waals surface area (Å²) in [6, 6.07) is 4.60. The number of nitro groups is 1. The molecule has 0 aliphatic carbocycles. The molecule has 4 rings (SSSR count). The Bertz CT molecular complexity index is 1060. The number of nitrogens with zero attached hydrogens (tertiary/aromatic N) is 2. The minimum absolute atomic E-state index is 0.130. The van der Waals surface area contributed by atoms with Gasteiger partial charge in [-0.1, -0.05) is 0 Å². The number of H-pyrrole nitrogens is 1. The molecule has 0 unspecified atom stereocenters. The fourth-order valence-electron chi connectivity index (χ4n) is 3.86. The van der Waals surface area contributed by atoms with Gasteiger partial charge in [0.05, 0.1) is 34.9 Å². The second kappa shape index (κ2) is 6.97. The fraction of sp³-hybridized carbons (Fsp3) is 0.263. The number of fused-ring (bicyclic) bond motifs is 1. The summed E-state index contributed by atoms with van der Waals surface area (Å²) in [5, 5.41) is 14.5. The third-order valence-electron chi connectivity index (χ3n) is 5.27. The molecule has 0 spiro atoms. The summed E-state index contributed by atoms with van der Waals surface area (Å²) in [5.74, 6) is -0.667. The lowest BCUT2D eigenvalue weighted by molar-refractivity contribution is -0.384. The first-order valence-corrected chi connectivity index (χ1v) is 9.01. The topological polar surface area (TPSA) is 144 Å². The zero-order valence-corrected chi connectivity index (χ0v) is 15.6. The summed E-state index contributed by atoms with van der Waals surface area (Å²) in [5.41, 5.74) is 7.37. The van der Waals surface area contributed by atoms with Crippen molar-refractivity contribution in [3.63, 3.8) is 0 Å². The van der Waals surface area contributed by atoms with E-state index in [4.69, 9.17) is 10.5 Å². The number of nitrogens with two attached hydrogens (primary N) is 1. The molecule has 1 aromatic heterocycles. The lowest BCUT2D eigenvalue weighted by atomic mass is 10.0. The number of benzene rings is 1. The van der Waals surface area contributed by atoms with E-state index in [1.165, 1.54) is 19.2 Å². The Kier molecular flexibility index (Phi) is 4.45. The van der Waals surface area contributed by atoms with Crippen LogP contribution in [-0.4, -0.2) is 41.9 Å². The van der Waals surface area contributed by atoms with Crippen molar-refractivity contribution in [2.75, 3.05) is 30.4 Å². The van der Waals surface area contributed by atoms with Gasteiger partial charge in [0.15, 0.2) is 0 Å². The first-order valence-electron chi connectivity index (χ1n) is 9.01. The Hall–Kier alpha value is -3.82. The monoisotopic (exact) mass is 397 g/mol. The van der Waals surface area contributed by atoms with Crippen LogP contribution in [0.1, 0.15) is 17.7 Å². The van der Waals surface area contributed by atoms with Crippen molar-refractivity contribution >= 4 is 40.5 Å². The lowest BCUT2D eigenvalue weighted by Gasteiger charge is -2.21. The zero-order valence-electron chi connectivity index (χ0n) is 15.6. The number of nitrogens with one attached hydrogen (secondary N) is 2. The third-order valence-corrected chi connectivity index (χ3v) is 5.27. The van der Waals surface area contributed by atoms with Crippen molar-refractivity contribution in [3.8, 4) is 5.75 Å². The normalized spacial score (nSPS) is 19.3. The molecule has 10 heteroatoms. The molecule has 29 heavy (non-hydrogen) atoms. The molecule has 1 fully saturated rings. The van der Waals surface area contributed by atoms with Crippen molar-refractivity contribution in [1.82, 2.24) is 4.98 Å². The number of hydrogen-bond donors (Lipinski definition) is 3. The van der Waals surface area contributed by atoms with Crippen molar-refractivity contribution in [3.05, 3.63) is 45.8 Å². The Morgan fingerprint density at radius 2 is 2.21 bits per heavy atom. The van der Waals surface area contributed by atoms with E-state index in [2.05, 4.69) is 10.3 Å². The highest BCUT2D eigenvalue weighted by atomic mass is 16.6. The highest BCUT2D eigenvalue weighted by Crippen LogP contribution is 2.46. The number of carbonyl (C=O) groups is 2. The maximum atomic E-state index is 12.7. The Morgan fingerprint density at radius 1 is 1.41 bits per heavy atom. The molecule has 1 aromatic carbocycles. The number of ether oxygens (including phenoxy) is 1. The SMILES string of the molecule is COc1cc[nH]c1/C=C1\C(=O)Nc2ccc([N+](=O)[O-])c(N3CC[C@H](C(N)=O)C3)c21. The van der Waals surface area contributed by atoms with Crippen LogP contribution in [-0.2, 0) is 9.59 Å². The summed E-state index contributed by atoms with van der Waals surface area (Å²) in [6.07, 6.45) is 3.78. The molecule has 2 aromatic rings. The number of aromatic amines is 1. The van der Waals surface area contributed by atoms with Gasteiger partial charge in [0.1, 0.15) is 11.4 Å². The Labute approximate surface area is 165 Å². The molecule has 1 saturated heterocycles. The minimum Gasteiger partial charge on any atom is -0.495 e. The van der Waals surface area contributed by atoms with Crippen LogP contribution in [0.4, 0.5) is 17.1 Å². The van der Waals surface area contributed by atoms with Crippen LogP contribution in [0, 0.1) is 16.0 Å². The van der Waals surface area contributed by atoms with Gasteiger partial charge in [-0.2, -0.15) is 0 Å². The molecule has 10 nitrogen and oxygen atoms in total. The first kappa shape index (κ1) is 18.5. The predicted molar refractivity (Wildman–Crippen MR) is 106 cm³/mol. The molecule has 3 heterocycles. The number of amides is 2. The first-order chi connectivity index (χ1) is 13.9. The van der Waals surface area contributed by atoms with Gasteiger partial charge in [0.2, 0.25) is 5.91 Å². The molecule has 0 bridgehead atoms. The van der Waals surface area contributed by atoms with Gasteiger partial charge >= 0.3 is 0 Å². The third kappa shape index (κ3) is 3.08. The highest BCUT2D eigenvalue weighted by molar-refractivity contribution is 6.36. The number of methoxy groups -OCH3 is 1. The van der Waals surface area contributed by atoms with Gasteiger partial charge in [0, 0.05) is 30.9 Å². The number of carbonyl (C=O) groups excluding carboxylic acids is 2. The summed E-state index contributed by atoms with van der Waals surface area (Å²) < 4.78 is 5.27. The van der Waals surface area contributed by atoms with E-state index in [1.54, 1.807) is 23.2 Å². The van der Waals surface area contributed by atoms with Gasteiger partial charge in [0.25, 0.3) is 11.6 Å². The minimum atomic E-state index is -0.483. The van der Waals surface area contributed by atoms with E-state index in [0.29, 0.717) is 41.3 Å². The zero-order chi connectivity index (χ0) is 20.7. The van der Waals surface area contributed by atoms with E-state index < -0.39 is 16.7 Å². The maximum Gasteiger partial charge on any atom is 0.293 e. The molecule has 2 aliphatic heterocycles. The van der Waals surface area contributed by atoms with E-state index in [-0.39, 0.29) is 23.7 Å². The molecule has 1 atom stereocenters. The van der Waals surface area contributed by atoms with Crippen LogP contribution in [0.2, 0.25) is 0 Å². The van der Waals surface area contributed by atoms with Crippen LogP contribution in [0.5, 0.6) is 5.75 Å². The van der Waals surface area contributed by atoms with Gasteiger partial charge in [-0.3, -0.25) is 19.7 Å². The quantitative estimate of drug-likeness (QED) is 0.398. The number of aromatic nitrogens is 1. The van der Waals surface area contributed by atoms with Crippen molar-refractivity contribution in [2.45, 2.75) is 6.42 Å². The number of anilines is 2. The Balaban J connectivity index is 1.88. The van der Waals surface area contributed by atoms with E-state index in [9.17, 15) is 19.7 Å². The van der Waals surface area contributed by atoms with Crippen LogP contribution in [0.25, 0.3) is 11.6 Å². The molecular formula is C19H19N5O5.